The van der Waals surface area contributed by atoms with E-state index in [0.717, 1.165) is 17.0 Å². The molecule has 7 heteroatoms. The molecule has 2 aromatic rings. The molecular weight excluding hydrogens is 268 g/mol. The van der Waals surface area contributed by atoms with Crippen molar-refractivity contribution in [2.24, 2.45) is 7.05 Å². The Labute approximate surface area is 124 Å². The lowest BCUT2D eigenvalue weighted by Crippen LogP contribution is -2.27. The van der Waals surface area contributed by atoms with Gasteiger partial charge in [0.05, 0.1) is 17.1 Å². The van der Waals surface area contributed by atoms with E-state index in [2.05, 4.69) is 15.5 Å². The molecule has 2 heterocycles. The number of carbonyl (C=O) groups excluding carboxylic acids is 1. The molecule has 0 aliphatic rings. The Bertz CT molecular complexity index is 682. The molecule has 21 heavy (non-hydrogen) atoms. The summed E-state index contributed by atoms with van der Waals surface area (Å²) in [5.74, 6) is -0.211. The summed E-state index contributed by atoms with van der Waals surface area (Å²) in [5.41, 5.74) is 10.5. The second-order valence-electron chi connectivity index (χ2n) is 5.12. The number of rotatable bonds is 4. The summed E-state index contributed by atoms with van der Waals surface area (Å²) in [5, 5.41) is 11.5. The standard InChI is InChI=1S/C14H22N6O/c1-6-20-13(12(15)9(3)18-20)14(21)16-7-11-8(2)17-19(5)10(11)4/h6-7,15H2,1-5H3,(H,16,21). The predicted molar refractivity (Wildman–Crippen MR) is 80.9 cm³/mol. The van der Waals surface area contributed by atoms with Crippen LogP contribution in [0.15, 0.2) is 0 Å². The quantitative estimate of drug-likeness (QED) is 0.881. The molecular formula is C14H22N6O. The summed E-state index contributed by atoms with van der Waals surface area (Å²) >= 11 is 0. The Morgan fingerprint density at radius 2 is 1.90 bits per heavy atom. The van der Waals surface area contributed by atoms with E-state index in [9.17, 15) is 4.79 Å². The molecule has 0 atom stereocenters. The van der Waals surface area contributed by atoms with Crippen molar-refractivity contribution in [2.75, 3.05) is 5.73 Å². The van der Waals surface area contributed by atoms with Crippen molar-refractivity contribution in [3.05, 3.63) is 28.3 Å². The van der Waals surface area contributed by atoms with Crippen LogP contribution in [0.1, 0.15) is 40.1 Å². The van der Waals surface area contributed by atoms with Crippen molar-refractivity contribution in [3.8, 4) is 0 Å². The Morgan fingerprint density at radius 3 is 2.43 bits per heavy atom. The molecule has 2 aromatic heterocycles. The van der Waals surface area contributed by atoms with Gasteiger partial charge >= 0.3 is 0 Å². The minimum atomic E-state index is -0.211. The van der Waals surface area contributed by atoms with E-state index in [4.69, 9.17) is 5.73 Å². The lowest BCUT2D eigenvalue weighted by Gasteiger charge is -2.08. The van der Waals surface area contributed by atoms with Gasteiger partial charge in [-0.2, -0.15) is 10.2 Å². The highest BCUT2D eigenvalue weighted by Gasteiger charge is 2.19. The summed E-state index contributed by atoms with van der Waals surface area (Å²) in [7, 11) is 1.89. The van der Waals surface area contributed by atoms with Crippen LogP contribution in [0.5, 0.6) is 0 Å². The summed E-state index contributed by atoms with van der Waals surface area (Å²) in [6, 6.07) is 0. The maximum Gasteiger partial charge on any atom is 0.271 e. The van der Waals surface area contributed by atoms with Gasteiger partial charge in [-0.05, 0) is 27.7 Å². The summed E-state index contributed by atoms with van der Waals surface area (Å²) in [6.45, 7) is 8.68. The van der Waals surface area contributed by atoms with Gasteiger partial charge in [-0.25, -0.2) is 0 Å². The smallest absolute Gasteiger partial charge is 0.271 e. The van der Waals surface area contributed by atoms with E-state index in [0.29, 0.717) is 30.2 Å². The van der Waals surface area contributed by atoms with E-state index in [1.165, 1.54) is 0 Å². The predicted octanol–water partition coefficient (Wildman–Crippen LogP) is 1.07. The number of carbonyl (C=O) groups is 1. The lowest BCUT2D eigenvalue weighted by atomic mass is 10.2. The number of nitrogens with one attached hydrogen (secondary N) is 1. The highest BCUT2D eigenvalue weighted by Crippen LogP contribution is 2.17. The highest BCUT2D eigenvalue weighted by atomic mass is 16.2. The summed E-state index contributed by atoms with van der Waals surface area (Å²) < 4.78 is 3.44. The molecule has 0 spiro atoms. The molecule has 0 bridgehead atoms. The number of hydrogen-bond donors (Lipinski definition) is 2. The third kappa shape index (κ3) is 2.63. The van der Waals surface area contributed by atoms with Crippen molar-refractivity contribution in [1.82, 2.24) is 24.9 Å². The minimum absolute atomic E-state index is 0.211. The van der Waals surface area contributed by atoms with Crippen LogP contribution in [0.3, 0.4) is 0 Å². The van der Waals surface area contributed by atoms with Crippen molar-refractivity contribution < 1.29 is 4.79 Å². The zero-order chi connectivity index (χ0) is 15.7. The van der Waals surface area contributed by atoms with Gasteiger partial charge in [0.25, 0.3) is 5.91 Å². The Morgan fingerprint density at radius 1 is 1.24 bits per heavy atom. The Balaban J connectivity index is 2.19. The topological polar surface area (TPSA) is 90.8 Å². The average molecular weight is 290 g/mol. The van der Waals surface area contributed by atoms with E-state index in [-0.39, 0.29) is 5.91 Å². The second-order valence-corrected chi connectivity index (χ2v) is 5.12. The Hall–Kier alpha value is -2.31. The maximum absolute atomic E-state index is 12.4. The molecule has 0 aliphatic carbocycles. The van der Waals surface area contributed by atoms with Crippen LogP contribution < -0.4 is 11.1 Å². The minimum Gasteiger partial charge on any atom is -0.395 e. The van der Waals surface area contributed by atoms with Crippen molar-refractivity contribution in [2.45, 2.75) is 40.8 Å². The molecule has 3 N–H and O–H groups in total. The molecule has 0 radical (unpaired) electrons. The van der Waals surface area contributed by atoms with Gasteiger partial charge in [0, 0.05) is 31.4 Å². The average Bonchev–Trinajstić information content (AvgIpc) is 2.86. The fourth-order valence-electron chi connectivity index (χ4n) is 2.39. The maximum atomic E-state index is 12.4. The second kappa shape index (κ2) is 5.59. The van der Waals surface area contributed by atoms with Gasteiger partial charge in [-0.3, -0.25) is 14.2 Å². The molecule has 0 saturated carbocycles. The number of nitrogens with zero attached hydrogens (tertiary/aromatic N) is 4. The van der Waals surface area contributed by atoms with E-state index >= 15 is 0 Å². The van der Waals surface area contributed by atoms with E-state index < -0.39 is 0 Å². The van der Waals surface area contributed by atoms with Gasteiger partial charge in [0.2, 0.25) is 0 Å². The van der Waals surface area contributed by atoms with Crippen LogP contribution in [-0.4, -0.2) is 25.5 Å². The number of amides is 1. The van der Waals surface area contributed by atoms with Crippen LogP contribution >= 0.6 is 0 Å². The summed E-state index contributed by atoms with van der Waals surface area (Å²) in [4.78, 5) is 12.4. The third-order valence-electron chi connectivity index (χ3n) is 3.77. The molecule has 0 fully saturated rings. The van der Waals surface area contributed by atoms with Gasteiger partial charge in [0.15, 0.2) is 0 Å². The zero-order valence-corrected chi connectivity index (χ0v) is 13.2. The van der Waals surface area contributed by atoms with Gasteiger partial charge in [-0.15, -0.1) is 0 Å². The SMILES string of the molecule is CCn1nc(C)c(N)c1C(=O)NCc1c(C)nn(C)c1C. The van der Waals surface area contributed by atoms with Crippen LogP contribution in [-0.2, 0) is 20.1 Å². The van der Waals surface area contributed by atoms with Crippen LogP contribution in [0, 0.1) is 20.8 Å². The number of aromatic nitrogens is 4. The fraction of sp³-hybridized carbons (Fsp3) is 0.500. The van der Waals surface area contributed by atoms with Crippen molar-refractivity contribution in [1.29, 1.82) is 0 Å². The van der Waals surface area contributed by atoms with Gasteiger partial charge in [0.1, 0.15) is 5.69 Å². The first-order valence-electron chi connectivity index (χ1n) is 6.96. The number of nitrogens with two attached hydrogens (primary N) is 1. The van der Waals surface area contributed by atoms with Crippen molar-refractivity contribution >= 4 is 11.6 Å². The van der Waals surface area contributed by atoms with Crippen LogP contribution in [0.25, 0.3) is 0 Å². The molecule has 0 saturated heterocycles. The van der Waals surface area contributed by atoms with Crippen molar-refractivity contribution in [3.63, 3.8) is 0 Å². The van der Waals surface area contributed by atoms with Crippen LogP contribution in [0.2, 0.25) is 0 Å². The first-order chi connectivity index (χ1) is 9.86. The molecule has 0 unspecified atom stereocenters. The van der Waals surface area contributed by atoms with E-state index in [1.54, 1.807) is 11.6 Å². The molecule has 1 amide bonds. The van der Waals surface area contributed by atoms with Gasteiger partial charge < -0.3 is 11.1 Å². The number of aryl methyl sites for hydroxylation is 4. The lowest BCUT2D eigenvalue weighted by molar-refractivity contribution is 0.0941. The number of hydrogen-bond acceptors (Lipinski definition) is 4. The molecule has 7 nitrogen and oxygen atoms in total. The largest absolute Gasteiger partial charge is 0.395 e. The third-order valence-corrected chi connectivity index (χ3v) is 3.77. The molecule has 2 rings (SSSR count). The normalized spacial score (nSPS) is 10.9. The molecule has 0 aliphatic heterocycles. The van der Waals surface area contributed by atoms with Crippen LogP contribution in [0.4, 0.5) is 5.69 Å². The monoisotopic (exact) mass is 290 g/mol. The Kier molecular flexibility index (Phi) is 4.02. The van der Waals surface area contributed by atoms with Gasteiger partial charge in [-0.1, -0.05) is 0 Å². The molecule has 114 valence electrons. The first-order valence-corrected chi connectivity index (χ1v) is 6.96. The number of nitrogen functional groups attached to an aromatic ring is 1. The molecule has 0 aromatic carbocycles. The highest BCUT2D eigenvalue weighted by molar-refractivity contribution is 5.97. The zero-order valence-electron chi connectivity index (χ0n) is 13.2. The fourth-order valence-corrected chi connectivity index (χ4v) is 2.39. The van der Waals surface area contributed by atoms with E-state index in [1.807, 2.05) is 32.5 Å². The number of anilines is 1. The first kappa shape index (κ1) is 15.1. The summed E-state index contributed by atoms with van der Waals surface area (Å²) in [6.07, 6.45) is 0.